The minimum Gasteiger partial charge on any atom is -0.495 e. The fraction of sp³-hybridized carbons (Fsp3) is 0.304. The number of ether oxygens (including phenoxy) is 2. The lowest BCUT2D eigenvalue weighted by Crippen LogP contribution is -2.35. The highest BCUT2D eigenvalue weighted by Crippen LogP contribution is 2.28. The van der Waals surface area contributed by atoms with Crippen LogP contribution >= 0.6 is 22.9 Å². The van der Waals surface area contributed by atoms with Crippen LogP contribution in [0.25, 0.3) is 10.6 Å². The predicted octanol–water partition coefficient (Wildman–Crippen LogP) is 4.49. The number of aromatic nitrogens is 1. The van der Waals surface area contributed by atoms with Gasteiger partial charge in [-0.15, -0.1) is 11.3 Å². The van der Waals surface area contributed by atoms with Crippen LogP contribution in [0.5, 0.6) is 5.75 Å². The Kier molecular flexibility index (Phi) is 7.19. The maximum atomic E-state index is 12.5. The van der Waals surface area contributed by atoms with Gasteiger partial charge in [-0.2, -0.15) is 0 Å². The van der Waals surface area contributed by atoms with E-state index in [1.807, 2.05) is 5.38 Å². The van der Waals surface area contributed by atoms with Gasteiger partial charge in [0.1, 0.15) is 10.8 Å². The molecule has 1 amide bonds. The summed E-state index contributed by atoms with van der Waals surface area (Å²) in [5, 5.41) is 6.21. The molecular formula is C23H24ClN3O3S. The molecule has 2 heterocycles. The maximum absolute atomic E-state index is 12.5. The van der Waals surface area contributed by atoms with Gasteiger partial charge in [-0.25, -0.2) is 4.98 Å². The van der Waals surface area contributed by atoms with E-state index in [4.69, 9.17) is 21.1 Å². The summed E-state index contributed by atoms with van der Waals surface area (Å²) in [6, 6.07) is 13.6. The highest BCUT2D eigenvalue weighted by molar-refractivity contribution is 7.13. The Hall–Kier alpha value is -2.45. The van der Waals surface area contributed by atoms with Crippen LogP contribution in [0.4, 0.5) is 5.69 Å². The second-order valence-corrected chi connectivity index (χ2v) is 8.59. The topological polar surface area (TPSA) is 63.7 Å². The summed E-state index contributed by atoms with van der Waals surface area (Å²) in [6.45, 7) is 4.48. The zero-order valence-electron chi connectivity index (χ0n) is 17.3. The number of benzene rings is 2. The molecule has 0 saturated carbocycles. The van der Waals surface area contributed by atoms with Crippen molar-refractivity contribution in [1.82, 2.24) is 9.88 Å². The van der Waals surface area contributed by atoms with Gasteiger partial charge in [-0.1, -0.05) is 35.9 Å². The second-order valence-electron chi connectivity index (χ2n) is 7.30. The normalized spacial score (nSPS) is 14.4. The zero-order chi connectivity index (χ0) is 21.6. The van der Waals surface area contributed by atoms with Crippen LogP contribution in [0.15, 0.2) is 47.8 Å². The van der Waals surface area contributed by atoms with E-state index in [1.54, 1.807) is 25.3 Å². The van der Waals surface area contributed by atoms with Crippen LogP contribution < -0.4 is 10.1 Å². The van der Waals surface area contributed by atoms with Crippen molar-refractivity contribution in [3.8, 4) is 16.3 Å². The Bertz CT molecular complexity index is 1030. The van der Waals surface area contributed by atoms with E-state index >= 15 is 0 Å². The molecule has 4 rings (SSSR count). The number of carbonyl (C=O) groups is 1. The average molecular weight is 458 g/mol. The van der Waals surface area contributed by atoms with E-state index in [-0.39, 0.29) is 12.3 Å². The molecular weight excluding hydrogens is 434 g/mol. The van der Waals surface area contributed by atoms with Gasteiger partial charge < -0.3 is 14.8 Å². The number of halogens is 1. The van der Waals surface area contributed by atoms with Crippen molar-refractivity contribution < 1.29 is 14.3 Å². The first kappa shape index (κ1) is 21.8. The van der Waals surface area contributed by atoms with Gasteiger partial charge in [0.25, 0.3) is 0 Å². The van der Waals surface area contributed by atoms with E-state index < -0.39 is 0 Å². The largest absolute Gasteiger partial charge is 0.495 e. The summed E-state index contributed by atoms with van der Waals surface area (Å²) >= 11 is 7.57. The van der Waals surface area contributed by atoms with E-state index in [0.29, 0.717) is 16.5 Å². The second kappa shape index (κ2) is 10.2. The quantitative estimate of drug-likeness (QED) is 0.566. The first-order valence-electron chi connectivity index (χ1n) is 10.1. The van der Waals surface area contributed by atoms with E-state index in [0.717, 1.165) is 49.1 Å². The molecule has 2 aromatic carbocycles. The average Bonchev–Trinajstić information content (AvgIpc) is 3.23. The fourth-order valence-electron chi connectivity index (χ4n) is 3.43. The van der Waals surface area contributed by atoms with Crippen LogP contribution in [0.3, 0.4) is 0 Å². The molecule has 1 fully saturated rings. The van der Waals surface area contributed by atoms with E-state index in [9.17, 15) is 4.79 Å². The molecule has 162 valence electrons. The molecule has 0 aliphatic carbocycles. The Balaban J connectivity index is 1.36. The third-order valence-electron chi connectivity index (χ3n) is 5.04. The molecule has 1 aromatic heterocycles. The molecule has 1 N–H and O–H groups in total. The first-order valence-corrected chi connectivity index (χ1v) is 11.3. The van der Waals surface area contributed by atoms with Crippen molar-refractivity contribution in [3.63, 3.8) is 0 Å². The molecule has 6 nitrogen and oxygen atoms in total. The lowest BCUT2D eigenvalue weighted by molar-refractivity contribution is -0.115. The van der Waals surface area contributed by atoms with Crippen molar-refractivity contribution >= 4 is 34.5 Å². The van der Waals surface area contributed by atoms with Crippen LogP contribution in [-0.2, 0) is 22.5 Å². The monoisotopic (exact) mass is 457 g/mol. The van der Waals surface area contributed by atoms with E-state index in [2.05, 4.69) is 39.5 Å². The van der Waals surface area contributed by atoms with Crippen LogP contribution in [0.2, 0.25) is 5.02 Å². The molecule has 8 heteroatoms. The van der Waals surface area contributed by atoms with Crippen LogP contribution in [-0.4, -0.2) is 49.2 Å². The molecule has 1 aliphatic rings. The first-order chi connectivity index (χ1) is 15.1. The highest BCUT2D eigenvalue weighted by Gasteiger charge is 2.13. The number of nitrogens with one attached hydrogen (secondary N) is 1. The molecule has 0 unspecified atom stereocenters. The summed E-state index contributed by atoms with van der Waals surface area (Å²) in [4.78, 5) is 19.5. The Morgan fingerprint density at radius 3 is 2.74 bits per heavy atom. The number of carbonyl (C=O) groups excluding carboxylic acids is 1. The number of morpholine rings is 1. The van der Waals surface area contributed by atoms with Gasteiger partial charge in [-0.3, -0.25) is 9.69 Å². The van der Waals surface area contributed by atoms with Gasteiger partial charge in [0.15, 0.2) is 0 Å². The molecule has 0 radical (unpaired) electrons. The lowest BCUT2D eigenvalue weighted by Gasteiger charge is -2.26. The molecule has 1 aliphatic heterocycles. The summed E-state index contributed by atoms with van der Waals surface area (Å²) in [7, 11) is 1.55. The summed E-state index contributed by atoms with van der Waals surface area (Å²) in [5.74, 6) is 0.396. The Morgan fingerprint density at radius 2 is 2.00 bits per heavy atom. The molecule has 0 atom stereocenters. The minimum absolute atomic E-state index is 0.168. The fourth-order valence-corrected chi connectivity index (χ4v) is 4.43. The molecule has 1 saturated heterocycles. The molecule has 31 heavy (non-hydrogen) atoms. The Labute approximate surface area is 190 Å². The number of amides is 1. The molecule has 0 spiro atoms. The van der Waals surface area contributed by atoms with E-state index in [1.165, 1.54) is 16.9 Å². The highest BCUT2D eigenvalue weighted by atomic mass is 35.5. The summed E-state index contributed by atoms with van der Waals surface area (Å²) < 4.78 is 10.7. The number of hydrogen-bond acceptors (Lipinski definition) is 6. The summed E-state index contributed by atoms with van der Waals surface area (Å²) in [5.41, 5.74) is 3.61. The molecule has 3 aromatic rings. The van der Waals surface area contributed by atoms with Gasteiger partial charge in [0, 0.05) is 35.6 Å². The predicted molar refractivity (Wildman–Crippen MR) is 124 cm³/mol. The number of anilines is 1. The third-order valence-corrected chi connectivity index (χ3v) is 6.22. The number of rotatable bonds is 7. The van der Waals surface area contributed by atoms with Crippen LogP contribution in [0.1, 0.15) is 11.3 Å². The van der Waals surface area contributed by atoms with Gasteiger partial charge in [0.2, 0.25) is 5.91 Å². The lowest BCUT2D eigenvalue weighted by atomic mass is 10.1. The van der Waals surface area contributed by atoms with Gasteiger partial charge in [0.05, 0.1) is 38.1 Å². The SMILES string of the molecule is COc1ccc(Cl)cc1NC(=O)Cc1csc(-c2ccc(CN3CCOCC3)cc2)n1. The molecule has 0 bridgehead atoms. The van der Waals surface area contributed by atoms with Crippen molar-refractivity contribution in [3.05, 3.63) is 64.1 Å². The van der Waals surface area contributed by atoms with Gasteiger partial charge >= 0.3 is 0 Å². The Morgan fingerprint density at radius 1 is 1.23 bits per heavy atom. The zero-order valence-corrected chi connectivity index (χ0v) is 18.8. The van der Waals surface area contributed by atoms with Crippen molar-refractivity contribution in [2.45, 2.75) is 13.0 Å². The smallest absolute Gasteiger partial charge is 0.230 e. The number of nitrogens with zero attached hydrogens (tertiary/aromatic N) is 2. The summed E-state index contributed by atoms with van der Waals surface area (Å²) in [6.07, 6.45) is 0.182. The van der Waals surface area contributed by atoms with Gasteiger partial charge in [-0.05, 0) is 23.8 Å². The standard InChI is InChI=1S/C23H24ClN3O3S/c1-29-21-7-6-18(24)12-20(21)26-22(28)13-19-15-31-23(25-19)17-4-2-16(3-5-17)14-27-8-10-30-11-9-27/h2-7,12,15H,8-11,13-14H2,1H3,(H,26,28). The van der Waals surface area contributed by atoms with Crippen molar-refractivity contribution in [2.24, 2.45) is 0 Å². The van der Waals surface area contributed by atoms with Crippen LogP contribution in [0, 0.1) is 0 Å². The van der Waals surface area contributed by atoms with Crippen molar-refractivity contribution in [1.29, 1.82) is 0 Å². The third kappa shape index (κ3) is 5.83. The number of methoxy groups -OCH3 is 1. The number of thiazole rings is 1. The van der Waals surface area contributed by atoms with Crippen molar-refractivity contribution in [2.75, 3.05) is 38.7 Å². The number of hydrogen-bond donors (Lipinski definition) is 1. The maximum Gasteiger partial charge on any atom is 0.230 e. The minimum atomic E-state index is -0.168.